The standard InChI is InChI=1S/C5H8N2OS/c1-9-5-2-4(3-6)7-8-5/h2H,3,6H2,1H3. The maximum atomic E-state index is 5.29. The van der Waals surface area contributed by atoms with Gasteiger partial charge in [-0.3, -0.25) is 0 Å². The highest BCUT2D eigenvalue weighted by Crippen LogP contribution is 2.14. The third-order valence-corrected chi connectivity index (χ3v) is 1.54. The fourth-order valence-electron chi connectivity index (χ4n) is 0.485. The second-order valence-electron chi connectivity index (χ2n) is 1.55. The van der Waals surface area contributed by atoms with Crippen molar-refractivity contribution in [1.29, 1.82) is 0 Å². The largest absolute Gasteiger partial charge is 0.350 e. The summed E-state index contributed by atoms with van der Waals surface area (Å²) in [5, 5.41) is 4.50. The molecular weight excluding hydrogens is 136 g/mol. The molecule has 0 bridgehead atoms. The van der Waals surface area contributed by atoms with Gasteiger partial charge in [0.1, 0.15) is 0 Å². The van der Waals surface area contributed by atoms with Crippen molar-refractivity contribution in [3.63, 3.8) is 0 Å². The third-order valence-electron chi connectivity index (χ3n) is 0.948. The van der Waals surface area contributed by atoms with Crippen molar-refractivity contribution < 1.29 is 4.52 Å². The quantitative estimate of drug-likeness (QED) is 0.625. The fraction of sp³-hybridized carbons (Fsp3) is 0.400. The lowest BCUT2D eigenvalue weighted by Crippen LogP contribution is -1.94. The van der Waals surface area contributed by atoms with Crippen LogP contribution in [-0.2, 0) is 6.54 Å². The highest BCUT2D eigenvalue weighted by atomic mass is 32.2. The van der Waals surface area contributed by atoms with Crippen LogP contribution < -0.4 is 5.73 Å². The van der Waals surface area contributed by atoms with Crippen LogP contribution in [0, 0.1) is 0 Å². The SMILES string of the molecule is CSc1cc(CN)no1. The summed E-state index contributed by atoms with van der Waals surface area (Å²) in [6.07, 6.45) is 1.93. The normalized spacial score (nSPS) is 10.0. The first kappa shape index (κ1) is 6.64. The molecule has 9 heavy (non-hydrogen) atoms. The number of hydrogen-bond donors (Lipinski definition) is 1. The first-order chi connectivity index (χ1) is 4.36. The van der Waals surface area contributed by atoms with Crippen LogP contribution in [0.5, 0.6) is 0 Å². The Kier molecular flexibility index (Phi) is 2.13. The van der Waals surface area contributed by atoms with E-state index in [1.165, 1.54) is 11.8 Å². The zero-order chi connectivity index (χ0) is 6.69. The molecular formula is C5H8N2OS. The number of thioether (sulfide) groups is 1. The van der Waals surface area contributed by atoms with Crippen LogP contribution in [0.2, 0.25) is 0 Å². The molecule has 0 aliphatic heterocycles. The molecule has 0 aromatic carbocycles. The van der Waals surface area contributed by atoms with Crippen molar-refractivity contribution in [2.24, 2.45) is 5.73 Å². The predicted octanol–water partition coefficient (Wildman–Crippen LogP) is 0.855. The van der Waals surface area contributed by atoms with Gasteiger partial charge in [0.25, 0.3) is 0 Å². The lowest BCUT2D eigenvalue weighted by molar-refractivity contribution is 0.345. The summed E-state index contributed by atoms with van der Waals surface area (Å²) in [6, 6.07) is 1.84. The fourth-order valence-corrected chi connectivity index (χ4v) is 0.850. The van der Waals surface area contributed by atoms with E-state index in [0.717, 1.165) is 10.8 Å². The molecule has 0 radical (unpaired) electrons. The van der Waals surface area contributed by atoms with Gasteiger partial charge in [0.05, 0.1) is 5.69 Å². The van der Waals surface area contributed by atoms with Crippen molar-refractivity contribution in [3.8, 4) is 0 Å². The minimum atomic E-state index is 0.448. The lowest BCUT2D eigenvalue weighted by atomic mass is 10.4. The van der Waals surface area contributed by atoms with E-state index in [1.54, 1.807) is 0 Å². The van der Waals surface area contributed by atoms with Gasteiger partial charge in [0, 0.05) is 12.6 Å². The van der Waals surface area contributed by atoms with E-state index >= 15 is 0 Å². The summed E-state index contributed by atoms with van der Waals surface area (Å²) < 4.78 is 4.84. The van der Waals surface area contributed by atoms with E-state index in [-0.39, 0.29) is 0 Å². The van der Waals surface area contributed by atoms with Crippen LogP contribution in [-0.4, -0.2) is 11.4 Å². The molecule has 1 aromatic rings. The minimum Gasteiger partial charge on any atom is -0.350 e. The molecule has 1 heterocycles. The average molecular weight is 144 g/mol. The number of aromatic nitrogens is 1. The monoisotopic (exact) mass is 144 g/mol. The van der Waals surface area contributed by atoms with E-state index in [9.17, 15) is 0 Å². The van der Waals surface area contributed by atoms with Gasteiger partial charge in [-0.15, -0.1) is 0 Å². The molecule has 0 unspecified atom stereocenters. The number of nitrogens with two attached hydrogens (primary N) is 1. The molecule has 1 rings (SSSR count). The maximum absolute atomic E-state index is 5.29. The molecule has 1 aromatic heterocycles. The van der Waals surface area contributed by atoms with Gasteiger partial charge in [-0.05, 0) is 6.26 Å². The Morgan fingerprint density at radius 2 is 2.67 bits per heavy atom. The minimum absolute atomic E-state index is 0.448. The van der Waals surface area contributed by atoms with Gasteiger partial charge in [0.15, 0.2) is 5.09 Å². The Morgan fingerprint density at radius 1 is 1.89 bits per heavy atom. The van der Waals surface area contributed by atoms with Gasteiger partial charge in [-0.25, -0.2) is 0 Å². The predicted molar refractivity (Wildman–Crippen MR) is 36.2 cm³/mol. The van der Waals surface area contributed by atoms with Gasteiger partial charge in [0.2, 0.25) is 0 Å². The zero-order valence-electron chi connectivity index (χ0n) is 5.13. The first-order valence-electron chi connectivity index (χ1n) is 2.56. The molecule has 0 saturated carbocycles. The second-order valence-corrected chi connectivity index (χ2v) is 2.36. The van der Waals surface area contributed by atoms with Crippen molar-refractivity contribution in [1.82, 2.24) is 5.16 Å². The van der Waals surface area contributed by atoms with E-state index in [4.69, 9.17) is 10.3 Å². The summed E-state index contributed by atoms with van der Waals surface area (Å²) in [7, 11) is 0. The van der Waals surface area contributed by atoms with Gasteiger partial charge >= 0.3 is 0 Å². The molecule has 50 valence electrons. The maximum Gasteiger partial charge on any atom is 0.193 e. The van der Waals surface area contributed by atoms with Crippen molar-refractivity contribution >= 4 is 11.8 Å². The van der Waals surface area contributed by atoms with Crippen LogP contribution in [0.3, 0.4) is 0 Å². The Bertz CT molecular complexity index is 168. The highest BCUT2D eigenvalue weighted by Gasteiger charge is 1.98. The highest BCUT2D eigenvalue weighted by molar-refractivity contribution is 7.98. The molecule has 0 aliphatic rings. The van der Waals surface area contributed by atoms with Crippen molar-refractivity contribution in [3.05, 3.63) is 11.8 Å². The Balaban J connectivity index is 2.74. The van der Waals surface area contributed by atoms with Crippen molar-refractivity contribution in [2.45, 2.75) is 11.6 Å². The van der Waals surface area contributed by atoms with Crippen LogP contribution >= 0.6 is 11.8 Å². The molecule has 3 nitrogen and oxygen atoms in total. The average Bonchev–Trinajstić information content (AvgIpc) is 2.34. The Morgan fingerprint density at radius 3 is 3.00 bits per heavy atom. The van der Waals surface area contributed by atoms with Crippen LogP contribution in [0.4, 0.5) is 0 Å². The molecule has 0 spiro atoms. The summed E-state index contributed by atoms with van der Waals surface area (Å²) in [5.74, 6) is 0. The van der Waals surface area contributed by atoms with Crippen LogP contribution in [0.1, 0.15) is 5.69 Å². The van der Waals surface area contributed by atoms with Crippen molar-refractivity contribution in [2.75, 3.05) is 6.26 Å². The lowest BCUT2D eigenvalue weighted by Gasteiger charge is -1.77. The smallest absolute Gasteiger partial charge is 0.193 e. The van der Waals surface area contributed by atoms with Gasteiger partial charge in [-0.2, -0.15) is 0 Å². The molecule has 0 fully saturated rings. The summed E-state index contributed by atoms with van der Waals surface area (Å²) in [6.45, 7) is 0.448. The number of hydrogen-bond acceptors (Lipinski definition) is 4. The number of rotatable bonds is 2. The summed E-state index contributed by atoms with van der Waals surface area (Å²) in [4.78, 5) is 0. The van der Waals surface area contributed by atoms with E-state index in [0.29, 0.717) is 6.54 Å². The number of nitrogens with zero attached hydrogens (tertiary/aromatic N) is 1. The summed E-state index contributed by atoms with van der Waals surface area (Å²) >= 11 is 1.52. The first-order valence-corrected chi connectivity index (χ1v) is 3.79. The molecule has 0 saturated heterocycles. The van der Waals surface area contributed by atoms with Crippen LogP contribution in [0.25, 0.3) is 0 Å². The molecule has 4 heteroatoms. The molecule has 0 atom stereocenters. The Hall–Kier alpha value is -0.480. The van der Waals surface area contributed by atoms with Gasteiger partial charge < -0.3 is 10.3 Å². The van der Waals surface area contributed by atoms with Gasteiger partial charge in [-0.1, -0.05) is 16.9 Å². The van der Waals surface area contributed by atoms with Crippen LogP contribution in [0.15, 0.2) is 15.7 Å². The van der Waals surface area contributed by atoms with E-state index < -0.39 is 0 Å². The second kappa shape index (κ2) is 2.89. The third kappa shape index (κ3) is 1.46. The topological polar surface area (TPSA) is 52.0 Å². The molecule has 0 amide bonds. The molecule has 2 N–H and O–H groups in total. The van der Waals surface area contributed by atoms with E-state index in [2.05, 4.69) is 5.16 Å². The summed E-state index contributed by atoms with van der Waals surface area (Å²) in [5.41, 5.74) is 6.09. The zero-order valence-corrected chi connectivity index (χ0v) is 5.94. The van der Waals surface area contributed by atoms with E-state index in [1.807, 2.05) is 12.3 Å². The molecule has 0 aliphatic carbocycles. The Labute approximate surface area is 57.6 Å².